The lowest BCUT2D eigenvalue weighted by molar-refractivity contribution is -0.138. The van der Waals surface area contributed by atoms with Crippen LogP contribution < -0.4 is 5.73 Å². The van der Waals surface area contributed by atoms with E-state index in [-0.39, 0.29) is 10.0 Å². The zero-order chi connectivity index (χ0) is 13.5. The van der Waals surface area contributed by atoms with Gasteiger partial charge in [-0.05, 0) is 24.5 Å². The van der Waals surface area contributed by atoms with Gasteiger partial charge in [0.05, 0.1) is 5.56 Å². The maximum atomic E-state index is 12.7. The van der Waals surface area contributed by atoms with E-state index in [9.17, 15) is 18.3 Å². The Labute approximate surface area is 111 Å². The van der Waals surface area contributed by atoms with E-state index in [4.69, 9.17) is 5.73 Å². The molecule has 0 unspecified atom stereocenters. The molecule has 0 amide bonds. The Morgan fingerprint density at radius 1 is 1.39 bits per heavy atom. The van der Waals surface area contributed by atoms with E-state index in [2.05, 4.69) is 15.9 Å². The molecule has 1 aliphatic rings. The molecule has 1 aliphatic carbocycles. The monoisotopic (exact) mass is 323 g/mol. The quantitative estimate of drug-likeness (QED) is 0.884. The summed E-state index contributed by atoms with van der Waals surface area (Å²) in [6.07, 6.45) is -1.84. The molecular weight excluding hydrogens is 311 g/mol. The molecule has 1 saturated carbocycles. The van der Waals surface area contributed by atoms with Crippen LogP contribution in [0, 0.1) is 5.92 Å². The zero-order valence-electron chi connectivity index (χ0n) is 9.47. The molecule has 0 radical (unpaired) electrons. The van der Waals surface area contributed by atoms with Crippen LogP contribution in [0.5, 0.6) is 5.75 Å². The smallest absolute Gasteiger partial charge is 0.420 e. The average Bonchev–Trinajstić information content (AvgIpc) is 3.03. The summed E-state index contributed by atoms with van der Waals surface area (Å²) in [5.74, 6) is -0.272. The number of hydrogen-bond donors (Lipinski definition) is 2. The fourth-order valence-corrected chi connectivity index (χ4v) is 2.43. The van der Waals surface area contributed by atoms with E-state index >= 15 is 0 Å². The van der Waals surface area contributed by atoms with Crippen LogP contribution in [-0.2, 0) is 6.18 Å². The third-order valence-corrected chi connectivity index (χ3v) is 3.55. The normalized spacial score (nSPS) is 17.8. The number of halogens is 4. The van der Waals surface area contributed by atoms with E-state index in [0.29, 0.717) is 12.3 Å². The lowest BCUT2D eigenvalue weighted by Crippen LogP contribution is -2.14. The first-order valence-electron chi connectivity index (χ1n) is 5.64. The number of benzene rings is 1. The largest absolute Gasteiger partial charge is 0.507 e. The van der Waals surface area contributed by atoms with E-state index in [1.165, 1.54) is 6.07 Å². The maximum Gasteiger partial charge on any atom is 0.420 e. The van der Waals surface area contributed by atoms with Gasteiger partial charge in [0.2, 0.25) is 0 Å². The molecule has 100 valence electrons. The minimum atomic E-state index is -4.58. The van der Waals surface area contributed by atoms with Crippen LogP contribution in [0.1, 0.15) is 36.4 Å². The topological polar surface area (TPSA) is 46.2 Å². The van der Waals surface area contributed by atoms with Crippen molar-refractivity contribution in [3.8, 4) is 5.75 Å². The van der Waals surface area contributed by atoms with Crippen molar-refractivity contribution in [1.29, 1.82) is 0 Å². The summed E-state index contributed by atoms with van der Waals surface area (Å²) in [6, 6.07) is 1.76. The zero-order valence-corrected chi connectivity index (χ0v) is 11.1. The van der Waals surface area contributed by atoms with Gasteiger partial charge in [-0.1, -0.05) is 28.8 Å². The second-order valence-electron chi connectivity index (χ2n) is 4.67. The summed E-state index contributed by atoms with van der Waals surface area (Å²) < 4.78 is 38.4. The summed E-state index contributed by atoms with van der Waals surface area (Å²) >= 11 is 3.02. The van der Waals surface area contributed by atoms with Crippen LogP contribution >= 0.6 is 15.9 Å². The molecule has 3 N–H and O–H groups in total. The van der Waals surface area contributed by atoms with Gasteiger partial charge in [0.1, 0.15) is 5.75 Å². The first kappa shape index (κ1) is 13.7. The molecule has 6 heteroatoms. The lowest BCUT2D eigenvalue weighted by atomic mass is 9.98. The highest BCUT2D eigenvalue weighted by Gasteiger charge is 2.36. The molecule has 18 heavy (non-hydrogen) atoms. The molecule has 0 aliphatic heterocycles. The van der Waals surface area contributed by atoms with Crippen molar-refractivity contribution in [3.63, 3.8) is 0 Å². The lowest BCUT2D eigenvalue weighted by Gasteiger charge is -2.18. The molecule has 1 aromatic carbocycles. The number of aromatic hydroxyl groups is 1. The van der Waals surface area contributed by atoms with Crippen molar-refractivity contribution in [2.75, 3.05) is 0 Å². The van der Waals surface area contributed by atoms with Gasteiger partial charge in [0.15, 0.2) is 0 Å². The standard InChI is InChI=1S/C12H13BrF3NO/c13-7-4-8(10(17)3-6-1-2-6)11(18)9(5-7)12(14,15)16/h4-6,10,18H,1-3,17H2/t10-/m0/s1. The van der Waals surface area contributed by atoms with Gasteiger partial charge >= 0.3 is 6.18 Å². The Bertz CT molecular complexity index is 457. The van der Waals surface area contributed by atoms with Gasteiger partial charge in [-0.25, -0.2) is 0 Å². The minimum Gasteiger partial charge on any atom is -0.507 e. The number of nitrogens with two attached hydrogens (primary N) is 1. The molecule has 0 saturated heterocycles. The summed E-state index contributed by atoms with van der Waals surface area (Å²) in [5.41, 5.74) is 4.98. The summed E-state index contributed by atoms with van der Waals surface area (Å²) in [6.45, 7) is 0. The number of hydrogen-bond acceptors (Lipinski definition) is 2. The second kappa shape index (κ2) is 4.74. The second-order valence-corrected chi connectivity index (χ2v) is 5.59. The van der Waals surface area contributed by atoms with Gasteiger partial charge in [0.25, 0.3) is 0 Å². The van der Waals surface area contributed by atoms with Crippen molar-refractivity contribution < 1.29 is 18.3 Å². The van der Waals surface area contributed by atoms with E-state index in [1.54, 1.807) is 0 Å². The Hall–Kier alpha value is -0.750. The highest BCUT2D eigenvalue weighted by Crippen LogP contribution is 2.44. The third kappa shape index (κ3) is 2.98. The molecule has 0 aromatic heterocycles. The SMILES string of the molecule is N[C@@H](CC1CC1)c1cc(Br)cc(C(F)(F)F)c1O. The van der Waals surface area contributed by atoms with Crippen LogP contribution in [0.4, 0.5) is 13.2 Å². The van der Waals surface area contributed by atoms with Gasteiger partial charge < -0.3 is 10.8 Å². The highest BCUT2D eigenvalue weighted by atomic mass is 79.9. The number of phenols is 1. The Balaban J connectivity index is 2.37. The van der Waals surface area contributed by atoms with Crippen molar-refractivity contribution >= 4 is 15.9 Å². The highest BCUT2D eigenvalue weighted by molar-refractivity contribution is 9.10. The van der Waals surface area contributed by atoms with Gasteiger partial charge in [-0.3, -0.25) is 0 Å². The van der Waals surface area contributed by atoms with Gasteiger partial charge in [-0.15, -0.1) is 0 Å². The maximum absolute atomic E-state index is 12.7. The Morgan fingerprint density at radius 3 is 2.50 bits per heavy atom. The van der Waals surface area contributed by atoms with Gasteiger partial charge in [-0.2, -0.15) is 13.2 Å². The van der Waals surface area contributed by atoms with E-state index in [1.807, 2.05) is 0 Å². The molecular formula is C12H13BrF3NO. The summed E-state index contributed by atoms with van der Waals surface area (Å²) in [7, 11) is 0. The number of alkyl halides is 3. The number of phenolic OH excluding ortho intramolecular Hbond substituents is 1. The third-order valence-electron chi connectivity index (χ3n) is 3.09. The van der Waals surface area contributed by atoms with Crippen molar-refractivity contribution in [2.45, 2.75) is 31.5 Å². The first-order chi connectivity index (χ1) is 8.29. The van der Waals surface area contributed by atoms with Crippen LogP contribution in [0.25, 0.3) is 0 Å². The van der Waals surface area contributed by atoms with Crippen LogP contribution in [0.3, 0.4) is 0 Å². The first-order valence-corrected chi connectivity index (χ1v) is 6.43. The molecule has 2 rings (SSSR count). The van der Waals surface area contributed by atoms with E-state index < -0.39 is 23.5 Å². The average molecular weight is 324 g/mol. The Kier molecular flexibility index (Phi) is 3.60. The molecule has 0 spiro atoms. The fraction of sp³-hybridized carbons (Fsp3) is 0.500. The minimum absolute atomic E-state index is 0.156. The molecule has 0 bridgehead atoms. The molecule has 1 fully saturated rings. The van der Waals surface area contributed by atoms with Crippen LogP contribution in [-0.4, -0.2) is 5.11 Å². The summed E-state index contributed by atoms with van der Waals surface area (Å²) in [5, 5.41) is 9.73. The predicted octanol–water partition coefficient (Wildman–Crippen LogP) is 3.97. The molecule has 0 heterocycles. The van der Waals surface area contributed by atoms with Crippen molar-refractivity contribution in [2.24, 2.45) is 11.7 Å². The molecule has 2 nitrogen and oxygen atoms in total. The van der Waals surface area contributed by atoms with Crippen LogP contribution in [0.2, 0.25) is 0 Å². The summed E-state index contributed by atoms with van der Waals surface area (Å²) in [4.78, 5) is 0. The van der Waals surface area contributed by atoms with Crippen LogP contribution in [0.15, 0.2) is 16.6 Å². The predicted molar refractivity (Wildman–Crippen MR) is 65.1 cm³/mol. The molecule has 1 atom stereocenters. The Morgan fingerprint density at radius 2 is 2.00 bits per heavy atom. The fourth-order valence-electron chi connectivity index (χ4n) is 1.96. The van der Waals surface area contributed by atoms with Crippen molar-refractivity contribution in [3.05, 3.63) is 27.7 Å². The van der Waals surface area contributed by atoms with E-state index in [0.717, 1.165) is 18.9 Å². The molecule has 1 aromatic rings. The number of rotatable bonds is 3. The van der Waals surface area contributed by atoms with Gasteiger partial charge in [0, 0.05) is 16.1 Å². The van der Waals surface area contributed by atoms with Crippen molar-refractivity contribution in [1.82, 2.24) is 0 Å².